The Kier molecular flexibility index (Phi) is 4.97. The fourth-order valence-electron chi connectivity index (χ4n) is 4.02. The maximum Gasteiger partial charge on any atom is 0.263 e. The molecule has 5 heteroatoms. The molecule has 0 spiro atoms. The second kappa shape index (κ2) is 7.59. The number of rotatable bonds is 6. The second-order valence-electron chi connectivity index (χ2n) is 7.08. The van der Waals surface area contributed by atoms with E-state index in [4.69, 9.17) is 4.74 Å². The Hall–Kier alpha value is -3.34. The average molecular weight is 388 g/mol. The summed E-state index contributed by atoms with van der Waals surface area (Å²) in [5, 5.41) is 1.68. The van der Waals surface area contributed by atoms with Gasteiger partial charge in [-0.25, -0.2) is 0 Å². The van der Waals surface area contributed by atoms with Crippen LogP contribution in [0, 0.1) is 0 Å². The van der Waals surface area contributed by atoms with Crippen LogP contribution in [0.25, 0.3) is 10.8 Å². The molecule has 0 aromatic heterocycles. The molecular formula is C24H24N2O3. The van der Waals surface area contributed by atoms with Crippen LogP contribution in [0.1, 0.15) is 40.1 Å². The Morgan fingerprint density at radius 1 is 0.897 bits per heavy atom. The molecule has 5 nitrogen and oxygen atoms in total. The van der Waals surface area contributed by atoms with Gasteiger partial charge in [-0.3, -0.25) is 14.5 Å². The van der Waals surface area contributed by atoms with Crippen molar-refractivity contribution in [1.29, 1.82) is 0 Å². The lowest BCUT2D eigenvalue weighted by Crippen LogP contribution is -2.41. The molecule has 1 heterocycles. The summed E-state index contributed by atoms with van der Waals surface area (Å²) in [5.74, 6) is 0.251. The van der Waals surface area contributed by atoms with Gasteiger partial charge in [0.15, 0.2) is 0 Å². The van der Waals surface area contributed by atoms with E-state index in [1.807, 2.05) is 54.6 Å². The first-order valence-corrected chi connectivity index (χ1v) is 9.88. The molecule has 0 N–H and O–H groups in total. The number of nitrogens with zero attached hydrogens (tertiary/aromatic N) is 2. The summed E-state index contributed by atoms with van der Waals surface area (Å²) in [4.78, 5) is 30.3. The van der Waals surface area contributed by atoms with E-state index in [1.54, 1.807) is 7.11 Å². The lowest BCUT2D eigenvalue weighted by atomic mass is 9.92. The van der Waals surface area contributed by atoms with Gasteiger partial charge in [0.1, 0.15) is 5.75 Å². The largest absolute Gasteiger partial charge is 0.497 e. The molecule has 0 atom stereocenters. The van der Waals surface area contributed by atoms with E-state index >= 15 is 0 Å². The normalized spacial score (nSPS) is 13.1. The van der Waals surface area contributed by atoms with Crippen LogP contribution in [-0.2, 0) is 6.54 Å². The molecule has 3 aromatic rings. The molecule has 0 aliphatic carbocycles. The lowest BCUT2D eigenvalue weighted by Gasteiger charge is -2.32. The first-order chi connectivity index (χ1) is 14.1. The van der Waals surface area contributed by atoms with Crippen molar-refractivity contribution < 1.29 is 14.3 Å². The van der Waals surface area contributed by atoms with Crippen LogP contribution >= 0.6 is 0 Å². The minimum Gasteiger partial charge on any atom is -0.497 e. The van der Waals surface area contributed by atoms with Crippen LogP contribution < -0.4 is 9.64 Å². The van der Waals surface area contributed by atoms with Gasteiger partial charge in [-0.05, 0) is 49.1 Å². The molecule has 0 fully saturated rings. The van der Waals surface area contributed by atoms with Crippen molar-refractivity contribution in [2.24, 2.45) is 0 Å². The highest BCUT2D eigenvalue weighted by Gasteiger charge is 2.35. The molecule has 3 aromatic carbocycles. The van der Waals surface area contributed by atoms with Gasteiger partial charge >= 0.3 is 0 Å². The van der Waals surface area contributed by atoms with E-state index in [9.17, 15) is 9.59 Å². The number of carbonyl (C=O) groups excluding carboxylic acids is 2. The number of carbonyl (C=O) groups is 2. The highest BCUT2D eigenvalue weighted by Crippen LogP contribution is 2.37. The highest BCUT2D eigenvalue weighted by atomic mass is 16.5. The smallest absolute Gasteiger partial charge is 0.263 e. The van der Waals surface area contributed by atoms with E-state index in [0.717, 1.165) is 40.9 Å². The number of amides is 2. The summed E-state index contributed by atoms with van der Waals surface area (Å²) < 4.78 is 5.20. The van der Waals surface area contributed by atoms with Crippen LogP contribution in [0.4, 0.5) is 5.69 Å². The molecule has 0 bridgehead atoms. The Balaban J connectivity index is 1.84. The molecule has 29 heavy (non-hydrogen) atoms. The zero-order valence-electron chi connectivity index (χ0n) is 16.9. The van der Waals surface area contributed by atoms with Crippen LogP contribution in [-0.4, -0.2) is 36.9 Å². The minimum atomic E-state index is -0.249. The summed E-state index contributed by atoms with van der Waals surface area (Å²) in [7, 11) is 1.61. The standard InChI is InChI=1S/C24H24N2O3/c1-4-25(5-2)20-14-11-17-7-6-8-19-21(17)22(20)24(28)26(23(19)27)15-16-9-12-18(29-3)13-10-16/h6-14H,4-5,15H2,1-3H3. The predicted octanol–water partition coefficient (Wildman–Crippen LogP) is 4.49. The number of ether oxygens (including phenoxy) is 1. The number of hydrogen-bond donors (Lipinski definition) is 0. The Labute approximate surface area is 170 Å². The Bertz CT molecular complexity index is 1090. The number of hydrogen-bond acceptors (Lipinski definition) is 4. The van der Waals surface area contributed by atoms with Gasteiger partial charge in [-0.2, -0.15) is 0 Å². The molecule has 0 radical (unpaired) electrons. The Morgan fingerprint density at radius 3 is 2.28 bits per heavy atom. The first kappa shape index (κ1) is 19.0. The van der Waals surface area contributed by atoms with Crippen molar-refractivity contribution in [3.05, 3.63) is 71.3 Å². The first-order valence-electron chi connectivity index (χ1n) is 9.88. The summed E-state index contributed by atoms with van der Waals surface area (Å²) >= 11 is 0. The third kappa shape index (κ3) is 3.12. The zero-order chi connectivity index (χ0) is 20.5. The molecule has 0 saturated heterocycles. The second-order valence-corrected chi connectivity index (χ2v) is 7.08. The van der Waals surface area contributed by atoms with Gasteiger partial charge in [0.25, 0.3) is 11.8 Å². The van der Waals surface area contributed by atoms with Crippen molar-refractivity contribution in [3.63, 3.8) is 0 Å². The van der Waals surface area contributed by atoms with E-state index < -0.39 is 0 Å². The number of imide groups is 1. The van der Waals surface area contributed by atoms with E-state index in [1.165, 1.54) is 4.90 Å². The van der Waals surface area contributed by atoms with Gasteiger partial charge in [0, 0.05) is 24.0 Å². The van der Waals surface area contributed by atoms with Crippen molar-refractivity contribution >= 4 is 28.3 Å². The molecular weight excluding hydrogens is 364 g/mol. The number of benzene rings is 3. The predicted molar refractivity (Wildman–Crippen MR) is 115 cm³/mol. The molecule has 0 unspecified atom stereocenters. The monoisotopic (exact) mass is 388 g/mol. The lowest BCUT2D eigenvalue weighted by molar-refractivity contribution is 0.0598. The molecule has 1 aliphatic heterocycles. The maximum absolute atomic E-state index is 13.6. The number of anilines is 1. The third-order valence-corrected chi connectivity index (χ3v) is 5.56. The van der Waals surface area contributed by atoms with Crippen molar-refractivity contribution in [2.75, 3.05) is 25.1 Å². The van der Waals surface area contributed by atoms with Gasteiger partial charge in [-0.15, -0.1) is 0 Å². The molecule has 0 saturated carbocycles. The fraction of sp³-hybridized carbons (Fsp3) is 0.250. The average Bonchev–Trinajstić information content (AvgIpc) is 2.76. The van der Waals surface area contributed by atoms with Crippen molar-refractivity contribution in [2.45, 2.75) is 20.4 Å². The summed E-state index contributed by atoms with van der Waals surface area (Å²) in [6, 6.07) is 17.1. The van der Waals surface area contributed by atoms with Crippen molar-refractivity contribution in [1.82, 2.24) is 4.90 Å². The summed E-state index contributed by atoms with van der Waals surface area (Å²) in [5.41, 5.74) is 2.96. The summed E-state index contributed by atoms with van der Waals surface area (Å²) in [6.07, 6.45) is 0. The van der Waals surface area contributed by atoms with Crippen LogP contribution in [0.15, 0.2) is 54.6 Å². The van der Waals surface area contributed by atoms with Crippen LogP contribution in [0.3, 0.4) is 0 Å². The Morgan fingerprint density at radius 2 is 1.62 bits per heavy atom. The maximum atomic E-state index is 13.6. The van der Waals surface area contributed by atoms with Crippen molar-refractivity contribution in [3.8, 4) is 5.75 Å². The molecule has 148 valence electrons. The SMILES string of the molecule is CCN(CC)c1ccc2cccc3c2c1C(=O)N(Cc1ccc(OC)cc1)C3=O. The third-order valence-electron chi connectivity index (χ3n) is 5.56. The highest BCUT2D eigenvalue weighted by molar-refractivity contribution is 6.27. The van der Waals surface area contributed by atoms with E-state index in [0.29, 0.717) is 11.1 Å². The quantitative estimate of drug-likeness (QED) is 0.584. The van der Waals surface area contributed by atoms with E-state index in [2.05, 4.69) is 18.7 Å². The molecule has 2 amide bonds. The summed E-state index contributed by atoms with van der Waals surface area (Å²) in [6.45, 7) is 5.94. The van der Waals surface area contributed by atoms with Gasteiger partial charge in [-0.1, -0.05) is 30.3 Å². The fourth-order valence-corrected chi connectivity index (χ4v) is 4.02. The topological polar surface area (TPSA) is 49.9 Å². The molecule has 1 aliphatic rings. The zero-order valence-corrected chi connectivity index (χ0v) is 16.9. The van der Waals surface area contributed by atoms with Gasteiger partial charge in [0.05, 0.1) is 24.9 Å². The van der Waals surface area contributed by atoms with E-state index in [-0.39, 0.29) is 18.4 Å². The van der Waals surface area contributed by atoms with Crippen LogP contribution in [0.5, 0.6) is 5.75 Å². The molecule has 4 rings (SSSR count). The van der Waals surface area contributed by atoms with Gasteiger partial charge < -0.3 is 9.64 Å². The number of methoxy groups -OCH3 is 1. The van der Waals surface area contributed by atoms with Gasteiger partial charge in [0.2, 0.25) is 0 Å². The minimum absolute atomic E-state index is 0.226. The van der Waals surface area contributed by atoms with Crippen LogP contribution in [0.2, 0.25) is 0 Å².